The van der Waals surface area contributed by atoms with Crippen LogP contribution >= 0.6 is 11.3 Å². The number of thiazole rings is 1. The first-order chi connectivity index (χ1) is 18.3. The molecule has 0 unspecified atom stereocenters. The minimum atomic E-state index is -3.73. The average molecular weight is 554 g/mol. The Balaban J connectivity index is 1.10. The number of amides is 1. The van der Waals surface area contributed by atoms with Gasteiger partial charge in [-0.2, -0.15) is 0 Å². The van der Waals surface area contributed by atoms with Crippen LogP contribution in [0.4, 0.5) is 15.2 Å². The Morgan fingerprint density at radius 1 is 1.00 bits per heavy atom. The molecule has 1 amide bonds. The number of piperazine rings is 1. The zero-order chi connectivity index (χ0) is 26.7. The summed E-state index contributed by atoms with van der Waals surface area (Å²) in [7, 11) is -2.23. The van der Waals surface area contributed by atoms with Crippen LogP contribution in [0.1, 0.15) is 10.4 Å². The Bertz CT molecular complexity index is 1520. The van der Waals surface area contributed by atoms with Gasteiger partial charge in [-0.3, -0.25) is 14.0 Å². The van der Waals surface area contributed by atoms with E-state index in [0.717, 1.165) is 36.0 Å². The molecular formula is C27H28FN5O3S2. The van der Waals surface area contributed by atoms with Crippen molar-refractivity contribution < 1.29 is 17.6 Å². The van der Waals surface area contributed by atoms with Gasteiger partial charge in [0.15, 0.2) is 5.13 Å². The first-order valence-corrected chi connectivity index (χ1v) is 14.5. The summed E-state index contributed by atoms with van der Waals surface area (Å²) in [5.41, 5.74) is 1.38. The Kier molecular flexibility index (Phi) is 7.59. The smallest absolute Gasteiger partial charge is 0.264 e. The molecule has 1 aliphatic rings. The van der Waals surface area contributed by atoms with Crippen LogP contribution in [0.5, 0.6) is 0 Å². The normalized spacial score (nSPS) is 14.5. The Morgan fingerprint density at radius 3 is 2.39 bits per heavy atom. The van der Waals surface area contributed by atoms with E-state index in [-0.39, 0.29) is 16.6 Å². The third-order valence-corrected chi connectivity index (χ3v) is 9.49. The van der Waals surface area contributed by atoms with E-state index in [4.69, 9.17) is 0 Å². The monoisotopic (exact) mass is 553 g/mol. The zero-order valence-electron chi connectivity index (χ0n) is 20.9. The van der Waals surface area contributed by atoms with Crippen LogP contribution < -0.4 is 14.5 Å². The topological polar surface area (TPSA) is 85.8 Å². The van der Waals surface area contributed by atoms with Crippen molar-refractivity contribution in [1.82, 2.24) is 15.2 Å². The van der Waals surface area contributed by atoms with Crippen molar-refractivity contribution in [2.24, 2.45) is 0 Å². The first-order valence-electron chi connectivity index (χ1n) is 12.3. The van der Waals surface area contributed by atoms with E-state index in [0.29, 0.717) is 29.9 Å². The molecule has 0 atom stereocenters. The second-order valence-electron chi connectivity index (χ2n) is 9.00. The summed E-state index contributed by atoms with van der Waals surface area (Å²) in [5.74, 6) is -0.546. The Morgan fingerprint density at radius 2 is 1.71 bits per heavy atom. The molecule has 4 aromatic rings. The molecule has 1 N–H and O–H groups in total. The van der Waals surface area contributed by atoms with Gasteiger partial charge in [-0.25, -0.2) is 17.8 Å². The van der Waals surface area contributed by atoms with Crippen LogP contribution in [0.3, 0.4) is 0 Å². The highest BCUT2D eigenvalue weighted by Gasteiger charge is 2.22. The molecule has 1 saturated heterocycles. The number of sulfonamides is 1. The van der Waals surface area contributed by atoms with Crippen LogP contribution in [0, 0.1) is 5.82 Å². The summed E-state index contributed by atoms with van der Waals surface area (Å²) in [5, 5.41) is 3.75. The molecule has 38 heavy (non-hydrogen) atoms. The summed E-state index contributed by atoms with van der Waals surface area (Å²) in [6.45, 7) is 4.36. The average Bonchev–Trinajstić information content (AvgIpc) is 3.39. The predicted octanol–water partition coefficient (Wildman–Crippen LogP) is 3.81. The minimum Gasteiger partial charge on any atom is -0.351 e. The van der Waals surface area contributed by atoms with E-state index in [1.54, 1.807) is 30.3 Å². The van der Waals surface area contributed by atoms with Gasteiger partial charge in [0.1, 0.15) is 11.3 Å². The van der Waals surface area contributed by atoms with E-state index in [1.165, 1.54) is 53.0 Å². The van der Waals surface area contributed by atoms with Crippen LogP contribution in [0.2, 0.25) is 0 Å². The number of fused-ring (bicyclic) bond motifs is 1. The SMILES string of the molecule is CN(c1ccccc1)S(=O)(=O)c1ccc(C(=O)NCCN2CCN(c3nc4c(F)cccc4s3)CC2)cc1. The lowest BCUT2D eigenvalue weighted by Crippen LogP contribution is -2.48. The number of aromatic nitrogens is 1. The fourth-order valence-corrected chi connectivity index (χ4v) is 6.57. The summed E-state index contributed by atoms with van der Waals surface area (Å²) in [6.07, 6.45) is 0. The number of rotatable bonds is 8. The van der Waals surface area contributed by atoms with Crippen molar-refractivity contribution >= 4 is 48.3 Å². The molecule has 1 fully saturated rings. The van der Waals surface area contributed by atoms with Crippen molar-refractivity contribution in [3.8, 4) is 0 Å². The molecule has 0 aliphatic carbocycles. The second kappa shape index (κ2) is 11.1. The lowest BCUT2D eigenvalue weighted by atomic mass is 10.2. The van der Waals surface area contributed by atoms with Crippen molar-refractivity contribution in [3.05, 3.63) is 84.2 Å². The van der Waals surface area contributed by atoms with Gasteiger partial charge in [-0.05, 0) is 48.5 Å². The maximum atomic E-state index is 14.0. The van der Waals surface area contributed by atoms with Gasteiger partial charge in [0.05, 0.1) is 15.3 Å². The molecule has 0 spiro atoms. The number of anilines is 2. The maximum absolute atomic E-state index is 14.0. The largest absolute Gasteiger partial charge is 0.351 e. The van der Waals surface area contributed by atoms with Gasteiger partial charge in [-0.1, -0.05) is 35.6 Å². The Hall–Kier alpha value is -3.54. The molecule has 2 heterocycles. The van der Waals surface area contributed by atoms with Crippen molar-refractivity contribution in [2.45, 2.75) is 4.90 Å². The third kappa shape index (κ3) is 5.50. The van der Waals surface area contributed by atoms with Crippen LogP contribution in [-0.2, 0) is 10.0 Å². The fraction of sp³-hybridized carbons (Fsp3) is 0.259. The molecule has 1 aromatic heterocycles. The van der Waals surface area contributed by atoms with E-state index in [9.17, 15) is 17.6 Å². The molecule has 5 rings (SSSR count). The van der Waals surface area contributed by atoms with E-state index < -0.39 is 10.0 Å². The van der Waals surface area contributed by atoms with E-state index >= 15 is 0 Å². The molecule has 11 heteroatoms. The molecule has 3 aromatic carbocycles. The van der Waals surface area contributed by atoms with Gasteiger partial charge < -0.3 is 10.2 Å². The maximum Gasteiger partial charge on any atom is 0.264 e. The highest BCUT2D eigenvalue weighted by molar-refractivity contribution is 7.92. The number of carbonyl (C=O) groups excluding carboxylic acids is 1. The summed E-state index contributed by atoms with van der Waals surface area (Å²) < 4.78 is 41.9. The number of para-hydroxylation sites is 2. The number of benzene rings is 3. The summed E-state index contributed by atoms with van der Waals surface area (Å²) >= 11 is 1.50. The highest BCUT2D eigenvalue weighted by atomic mass is 32.2. The van der Waals surface area contributed by atoms with Gasteiger partial charge in [-0.15, -0.1) is 0 Å². The number of carbonyl (C=O) groups is 1. The molecule has 1 aliphatic heterocycles. The zero-order valence-corrected chi connectivity index (χ0v) is 22.5. The van der Waals surface area contributed by atoms with Crippen molar-refractivity contribution in [2.75, 3.05) is 55.5 Å². The number of hydrogen-bond donors (Lipinski definition) is 1. The lowest BCUT2D eigenvalue weighted by molar-refractivity contribution is 0.0947. The predicted molar refractivity (Wildman–Crippen MR) is 149 cm³/mol. The van der Waals surface area contributed by atoms with Crippen LogP contribution in [0.25, 0.3) is 10.2 Å². The highest BCUT2D eigenvalue weighted by Crippen LogP contribution is 2.30. The molecule has 0 bridgehead atoms. The molecule has 0 radical (unpaired) electrons. The molecular weight excluding hydrogens is 525 g/mol. The number of halogens is 1. The minimum absolute atomic E-state index is 0.120. The number of hydrogen-bond acceptors (Lipinski definition) is 7. The second-order valence-corrected chi connectivity index (χ2v) is 12.0. The van der Waals surface area contributed by atoms with Crippen molar-refractivity contribution in [1.29, 1.82) is 0 Å². The number of nitrogens with one attached hydrogen (secondary N) is 1. The molecule has 8 nitrogen and oxygen atoms in total. The summed E-state index contributed by atoms with van der Waals surface area (Å²) in [4.78, 5) is 21.7. The van der Waals surface area contributed by atoms with Crippen molar-refractivity contribution in [3.63, 3.8) is 0 Å². The quantitative estimate of drug-likeness (QED) is 0.357. The van der Waals surface area contributed by atoms with Gasteiger partial charge in [0.25, 0.3) is 15.9 Å². The van der Waals surface area contributed by atoms with Gasteiger partial charge in [0.2, 0.25) is 0 Å². The van der Waals surface area contributed by atoms with Crippen LogP contribution in [0.15, 0.2) is 77.7 Å². The number of nitrogens with zero attached hydrogens (tertiary/aromatic N) is 4. The first kappa shape index (κ1) is 26.1. The van der Waals surface area contributed by atoms with Gasteiger partial charge in [0, 0.05) is 51.9 Å². The van der Waals surface area contributed by atoms with E-state index in [2.05, 4.69) is 20.1 Å². The fourth-order valence-electron chi connectivity index (χ4n) is 4.34. The van der Waals surface area contributed by atoms with Crippen LogP contribution in [-0.4, -0.2) is 70.5 Å². The van der Waals surface area contributed by atoms with Gasteiger partial charge >= 0.3 is 0 Å². The Labute approximate surface area is 225 Å². The lowest BCUT2D eigenvalue weighted by Gasteiger charge is -2.34. The third-order valence-electron chi connectivity index (χ3n) is 6.61. The summed E-state index contributed by atoms with van der Waals surface area (Å²) in [6, 6.07) is 19.8. The standard InChI is InChI=1S/C27H28FN5O3S2/c1-31(21-6-3-2-4-7-21)38(35,36)22-12-10-20(11-13-22)26(34)29-14-15-32-16-18-33(19-17-32)27-30-25-23(28)8-5-9-24(25)37-27/h2-13H,14-19H2,1H3,(H,29,34). The van der Waals surface area contributed by atoms with E-state index in [1.807, 2.05) is 12.1 Å². The molecule has 0 saturated carbocycles. The molecule has 198 valence electrons.